The monoisotopic (exact) mass is 861 g/mol. The molecule has 0 bridgehead atoms. The van der Waals surface area contributed by atoms with E-state index in [1.165, 1.54) is 110 Å². The highest BCUT2D eigenvalue weighted by Gasteiger charge is 2.51. The van der Waals surface area contributed by atoms with Crippen LogP contribution in [0, 0.1) is 0 Å². The summed E-state index contributed by atoms with van der Waals surface area (Å²) in [6.07, 6.45) is 0. The molecule has 68 heavy (non-hydrogen) atoms. The lowest BCUT2D eigenvalue weighted by molar-refractivity contribution is 0.793. The molecule has 0 heterocycles. The number of benzene rings is 12. The molecule has 12 aromatic rings. The molecule has 0 aliphatic heterocycles. The largest absolute Gasteiger partial charge is 0.310 e. The molecular formula is C67H43N. The number of rotatable bonds is 6. The molecule has 2 aliphatic carbocycles. The van der Waals surface area contributed by atoms with Crippen molar-refractivity contribution in [2.45, 2.75) is 5.41 Å². The first-order valence-electron chi connectivity index (χ1n) is 23.7. The van der Waals surface area contributed by atoms with Crippen molar-refractivity contribution in [1.29, 1.82) is 0 Å². The molecular weight excluding hydrogens is 819 g/mol. The van der Waals surface area contributed by atoms with E-state index >= 15 is 0 Å². The van der Waals surface area contributed by atoms with Gasteiger partial charge in [-0.1, -0.05) is 206 Å². The Morgan fingerprint density at radius 3 is 1.06 bits per heavy atom. The SMILES string of the molecule is c1ccc(-c2cc(-c3ccccc3)cc(-c3ccc(N(c4ccc5c(c4)C4(c6ccccc6-c6ccccc64)c4ccccc4-5)c4ccc5c6ccccc6c6ccccc6c5c4)cc3)c2)cc1. The summed E-state index contributed by atoms with van der Waals surface area (Å²) in [5.74, 6) is 0. The van der Waals surface area contributed by atoms with Crippen molar-refractivity contribution >= 4 is 49.4 Å². The van der Waals surface area contributed by atoms with Gasteiger partial charge in [0.1, 0.15) is 0 Å². The van der Waals surface area contributed by atoms with Crippen LogP contribution < -0.4 is 4.90 Å². The predicted molar refractivity (Wildman–Crippen MR) is 286 cm³/mol. The molecule has 0 fully saturated rings. The van der Waals surface area contributed by atoms with Gasteiger partial charge >= 0.3 is 0 Å². The maximum atomic E-state index is 2.50. The van der Waals surface area contributed by atoms with E-state index in [1.54, 1.807) is 0 Å². The predicted octanol–water partition coefficient (Wildman–Crippen LogP) is 18.0. The average molecular weight is 862 g/mol. The van der Waals surface area contributed by atoms with Gasteiger partial charge in [0.25, 0.3) is 0 Å². The highest BCUT2D eigenvalue weighted by atomic mass is 15.1. The van der Waals surface area contributed by atoms with Crippen molar-refractivity contribution in [3.63, 3.8) is 0 Å². The smallest absolute Gasteiger partial charge is 0.0726 e. The van der Waals surface area contributed by atoms with E-state index in [4.69, 9.17) is 0 Å². The van der Waals surface area contributed by atoms with Crippen molar-refractivity contribution in [3.05, 3.63) is 283 Å². The maximum Gasteiger partial charge on any atom is 0.0726 e. The fourth-order valence-electron chi connectivity index (χ4n) is 11.9. The summed E-state index contributed by atoms with van der Waals surface area (Å²) in [5, 5.41) is 7.58. The summed E-state index contributed by atoms with van der Waals surface area (Å²) < 4.78 is 0. The third kappa shape index (κ3) is 5.69. The van der Waals surface area contributed by atoms with Crippen molar-refractivity contribution in [2.24, 2.45) is 0 Å². The Morgan fingerprint density at radius 2 is 0.559 bits per heavy atom. The van der Waals surface area contributed by atoms with Gasteiger partial charge in [0, 0.05) is 17.1 Å². The summed E-state index contributed by atoms with van der Waals surface area (Å²) >= 11 is 0. The van der Waals surface area contributed by atoms with Gasteiger partial charge in [0.15, 0.2) is 0 Å². The Labute approximate surface area is 396 Å². The molecule has 14 rings (SSSR count). The quantitative estimate of drug-likeness (QED) is 0.151. The minimum atomic E-state index is -0.455. The molecule has 0 N–H and O–H groups in total. The molecule has 0 saturated heterocycles. The Morgan fingerprint density at radius 1 is 0.206 bits per heavy atom. The van der Waals surface area contributed by atoms with E-state index in [9.17, 15) is 0 Å². The molecule has 0 saturated carbocycles. The zero-order valence-electron chi connectivity index (χ0n) is 37.3. The molecule has 0 unspecified atom stereocenters. The van der Waals surface area contributed by atoms with Crippen LogP contribution in [0.1, 0.15) is 22.3 Å². The van der Waals surface area contributed by atoms with Gasteiger partial charge in [-0.15, -0.1) is 0 Å². The summed E-state index contributed by atoms with van der Waals surface area (Å²) in [4.78, 5) is 2.48. The van der Waals surface area contributed by atoms with Crippen LogP contribution in [-0.2, 0) is 5.41 Å². The van der Waals surface area contributed by atoms with Crippen LogP contribution in [0.15, 0.2) is 261 Å². The van der Waals surface area contributed by atoms with Crippen LogP contribution in [0.4, 0.5) is 17.1 Å². The van der Waals surface area contributed by atoms with Crippen LogP contribution in [-0.4, -0.2) is 0 Å². The maximum absolute atomic E-state index is 2.50. The summed E-state index contributed by atoms with van der Waals surface area (Å²) in [7, 11) is 0. The Bertz CT molecular complexity index is 3800. The van der Waals surface area contributed by atoms with E-state index in [0.29, 0.717) is 0 Å². The van der Waals surface area contributed by atoms with E-state index in [2.05, 4.69) is 266 Å². The molecule has 316 valence electrons. The Hall–Kier alpha value is -8.78. The second-order valence-electron chi connectivity index (χ2n) is 18.4. The minimum absolute atomic E-state index is 0.455. The second-order valence-corrected chi connectivity index (χ2v) is 18.4. The van der Waals surface area contributed by atoms with Crippen LogP contribution in [0.5, 0.6) is 0 Å². The van der Waals surface area contributed by atoms with E-state index in [-0.39, 0.29) is 0 Å². The molecule has 2 aliphatic rings. The van der Waals surface area contributed by atoms with Gasteiger partial charge < -0.3 is 4.90 Å². The van der Waals surface area contributed by atoms with Crippen molar-refractivity contribution in [1.82, 2.24) is 0 Å². The highest BCUT2D eigenvalue weighted by molar-refractivity contribution is 6.25. The molecule has 1 heteroatoms. The number of fused-ring (bicyclic) bond motifs is 16. The first kappa shape index (κ1) is 38.5. The summed E-state index contributed by atoms with van der Waals surface area (Å²) in [5.41, 5.74) is 20.6. The first-order chi connectivity index (χ1) is 33.7. The van der Waals surface area contributed by atoms with Crippen LogP contribution >= 0.6 is 0 Å². The van der Waals surface area contributed by atoms with Gasteiger partial charge in [0.05, 0.1) is 5.41 Å². The van der Waals surface area contributed by atoms with Crippen molar-refractivity contribution in [2.75, 3.05) is 4.90 Å². The molecule has 0 amide bonds. The molecule has 12 aromatic carbocycles. The topological polar surface area (TPSA) is 3.24 Å². The number of hydrogen-bond donors (Lipinski definition) is 0. The standard InChI is InChI=1S/C67H43N/c1-3-17-44(18-4-1)47-39-48(45-19-5-2-6-20-45)41-49(40-47)46-31-33-50(34-32-46)68(51-35-37-57-55-23-8-7-21-53(55)54-22-9-10-24-56(54)62(57)42-51)52-36-38-61-60-27-13-16-30-65(60)67(66(61)43-52)63-28-14-11-25-58(63)59-26-12-15-29-64(59)67/h1-43H. The first-order valence-corrected chi connectivity index (χ1v) is 23.7. The molecule has 1 nitrogen and oxygen atoms in total. The lowest BCUT2D eigenvalue weighted by Gasteiger charge is -2.32. The molecule has 0 aromatic heterocycles. The lowest BCUT2D eigenvalue weighted by Crippen LogP contribution is -2.26. The Balaban J connectivity index is 0.990. The zero-order valence-corrected chi connectivity index (χ0v) is 37.3. The van der Waals surface area contributed by atoms with E-state index in [1.807, 2.05) is 0 Å². The molecule has 0 radical (unpaired) electrons. The van der Waals surface area contributed by atoms with Crippen molar-refractivity contribution in [3.8, 4) is 55.6 Å². The molecule has 0 atom stereocenters. The fourth-order valence-corrected chi connectivity index (χ4v) is 11.9. The summed E-state index contributed by atoms with van der Waals surface area (Å²) in [6, 6.07) is 96.9. The number of hydrogen-bond acceptors (Lipinski definition) is 1. The van der Waals surface area contributed by atoms with Crippen LogP contribution in [0.2, 0.25) is 0 Å². The lowest BCUT2D eigenvalue weighted by atomic mass is 9.70. The van der Waals surface area contributed by atoms with E-state index < -0.39 is 5.41 Å². The van der Waals surface area contributed by atoms with Gasteiger partial charge in [0.2, 0.25) is 0 Å². The highest BCUT2D eigenvalue weighted by Crippen LogP contribution is 2.63. The third-order valence-corrected chi connectivity index (χ3v) is 14.8. The van der Waals surface area contributed by atoms with Gasteiger partial charge in [-0.05, 0) is 165 Å². The van der Waals surface area contributed by atoms with Crippen LogP contribution in [0.25, 0.3) is 88.0 Å². The van der Waals surface area contributed by atoms with Gasteiger partial charge in [-0.2, -0.15) is 0 Å². The van der Waals surface area contributed by atoms with Crippen LogP contribution in [0.3, 0.4) is 0 Å². The van der Waals surface area contributed by atoms with E-state index in [0.717, 1.165) is 17.1 Å². The second kappa shape index (κ2) is 15.1. The minimum Gasteiger partial charge on any atom is -0.310 e. The normalized spacial score (nSPS) is 12.8. The Kier molecular flexibility index (Phi) is 8.57. The fraction of sp³-hybridized carbons (Fsp3) is 0.0149. The van der Waals surface area contributed by atoms with Gasteiger partial charge in [-0.25, -0.2) is 0 Å². The third-order valence-electron chi connectivity index (χ3n) is 14.8. The molecule has 1 spiro atoms. The number of nitrogens with zero attached hydrogens (tertiary/aromatic N) is 1. The van der Waals surface area contributed by atoms with Gasteiger partial charge in [-0.3, -0.25) is 0 Å². The number of anilines is 3. The average Bonchev–Trinajstić information content (AvgIpc) is 3.89. The zero-order chi connectivity index (χ0) is 44.8. The summed E-state index contributed by atoms with van der Waals surface area (Å²) in [6.45, 7) is 0. The van der Waals surface area contributed by atoms with Crippen molar-refractivity contribution < 1.29 is 0 Å².